The van der Waals surface area contributed by atoms with E-state index in [2.05, 4.69) is 10.3 Å². The first-order valence-electron chi connectivity index (χ1n) is 7.75. The summed E-state index contributed by atoms with van der Waals surface area (Å²) < 4.78 is 1.92. The van der Waals surface area contributed by atoms with Crippen molar-refractivity contribution in [3.05, 3.63) is 82.3 Å². The van der Waals surface area contributed by atoms with Crippen molar-refractivity contribution < 1.29 is 9.72 Å². The highest BCUT2D eigenvalue weighted by Gasteiger charge is 2.09. The zero-order chi connectivity index (χ0) is 17.6. The molecule has 0 atom stereocenters. The summed E-state index contributed by atoms with van der Waals surface area (Å²) in [6.07, 6.45) is 7.18. The first kappa shape index (κ1) is 16.4. The maximum atomic E-state index is 11.9. The Kier molecular flexibility index (Phi) is 4.84. The van der Waals surface area contributed by atoms with Crippen molar-refractivity contribution in [1.82, 2.24) is 14.7 Å². The number of imidazole rings is 1. The van der Waals surface area contributed by atoms with E-state index in [4.69, 9.17) is 0 Å². The molecule has 0 aliphatic heterocycles. The maximum absolute atomic E-state index is 11.9. The number of nitro benzene ring substituents is 1. The van der Waals surface area contributed by atoms with Crippen LogP contribution in [0.1, 0.15) is 11.3 Å². The lowest BCUT2D eigenvalue weighted by Crippen LogP contribution is -2.23. The number of nitro groups is 1. The molecule has 2 aromatic heterocycles. The van der Waals surface area contributed by atoms with E-state index in [1.165, 1.54) is 18.2 Å². The topological polar surface area (TPSA) is 89.5 Å². The van der Waals surface area contributed by atoms with Gasteiger partial charge in [-0.2, -0.15) is 0 Å². The molecule has 0 fully saturated rings. The zero-order valence-electron chi connectivity index (χ0n) is 13.3. The molecule has 0 aliphatic rings. The molecule has 7 heteroatoms. The van der Waals surface area contributed by atoms with Crippen LogP contribution in [0.4, 0.5) is 5.69 Å². The minimum Gasteiger partial charge on any atom is -0.352 e. The third-order valence-corrected chi connectivity index (χ3v) is 3.64. The van der Waals surface area contributed by atoms with Crippen LogP contribution in [0.15, 0.2) is 60.9 Å². The van der Waals surface area contributed by atoms with Gasteiger partial charge in [0.25, 0.3) is 5.69 Å². The number of fused-ring (bicyclic) bond motifs is 1. The Balaban J connectivity index is 1.55. The molecule has 1 aromatic carbocycles. The second kappa shape index (κ2) is 7.39. The van der Waals surface area contributed by atoms with Crippen LogP contribution >= 0.6 is 0 Å². The molecule has 7 nitrogen and oxygen atoms in total. The number of nitrogens with one attached hydrogen (secondary N) is 1. The predicted molar refractivity (Wildman–Crippen MR) is 94.0 cm³/mol. The number of para-hydroxylation sites is 1. The van der Waals surface area contributed by atoms with Gasteiger partial charge in [0, 0.05) is 37.5 Å². The van der Waals surface area contributed by atoms with Crippen molar-refractivity contribution in [2.45, 2.75) is 6.42 Å². The van der Waals surface area contributed by atoms with Gasteiger partial charge in [-0.3, -0.25) is 14.9 Å². The summed E-state index contributed by atoms with van der Waals surface area (Å²) in [5.74, 6) is -0.304. The summed E-state index contributed by atoms with van der Waals surface area (Å²) in [7, 11) is 0. The zero-order valence-corrected chi connectivity index (χ0v) is 13.3. The monoisotopic (exact) mass is 336 g/mol. The van der Waals surface area contributed by atoms with Gasteiger partial charge in [-0.15, -0.1) is 0 Å². The summed E-state index contributed by atoms with van der Waals surface area (Å²) >= 11 is 0. The van der Waals surface area contributed by atoms with Gasteiger partial charge in [0.1, 0.15) is 5.65 Å². The molecular weight excluding hydrogens is 320 g/mol. The number of pyridine rings is 1. The second-order valence-corrected chi connectivity index (χ2v) is 5.39. The smallest absolute Gasteiger partial charge is 0.276 e. The molecule has 2 heterocycles. The number of carbonyl (C=O) groups is 1. The van der Waals surface area contributed by atoms with E-state index in [0.717, 1.165) is 11.3 Å². The minimum absolute atomic E-state index is 0.0312. The van der Waals surface area contributed by atoms with Crippen LogP contribution in [-0.4, -0.2) is 26.8 Å². The van der Waals surface area contributed by atoms with Crippen molar-refractivity contribution in [2.75, 3.05) is 6.54 Å². The summed E-state index contributed by atoms with van der Waals surface area (Å²) in [4.78, 5) is 26.8. The molecule has 0 bridgehead atoms. The Morgan fingerprint density at radius 2 is 2.04 bits per heavy atom. The number of benzene rings is 1. The number of carbonyl (C=O) groups excluding carboxylic acids is 1. The van der Waals surface area contributed by atoms with Crippen molar-refractivity contribution in [2.24, 2.45) is 0 Å². The van der Waals surface area contributed by atoms with Gasteiger partial charge in [0.05, 0.1) is 16.2 Å². The quantitative estimate of drug-likeness (QED) is 0.426. The number of nitrogens with zero attached hydrogens (tertiary/aromatic N) is 3. The minimum atomic E-state index is -0.471. The highest BCUT2D eigenvalue weighted by atomic mass is 16.6. The first-order chi connectivity index (χ1) is 12.1. The number of amides is 1. The molecule has 126 valence electrons. The Labute approximate surface area is 143 Å². The SMILES string of the molecule is O=C(/C=C/c1ccccc1[N+](=O)[O-])NCCc1cn2ccccc2n1. The lowest BCUT2D eigenvalue weighted by molar-refractivity contribution is -0.385. The van der Waals surface area contributed by atoms with E-state index < -0.39 is 4.92 Å². The van der Waals surface area contributed by atoms with Gasteiger partial charge in [0.15, 0.2) is 0 Å². The fourth-order valence-corrected chi connectivity index (χ4v) is 2.44. The lowest BCUT2D eigenvalue weighted by atomic mass is 10.1. The third kappa shape index (κ3) is 4.08. The van der Waals surface area contributed by atoms with Crippen molar-refractivity contribution in [1.29, 1.82) is 0 Å². The highest BCUT2D eigenvalue weighted by Crippen LogP contribution is 2.18. The standard InChI is InChI=1S/C18H16N4O3/c23-18(9-8-14-5-1-2-6-16(14)22(24)25)19-11-10-15-13-21-12-4-3-7-17(21)20-15/h1-9,12-13H,10-11H2,(H,19,23)/b9-8+. The number of hydrogen-bond acceptors (Lipinski definition) is 4. The Morgan fingerprint density at radius 3 is 2.84 bits per heavy atom. The Hall–Kier alpha value is -3.48. The second-order valence-electron chi connectivity index (χ2n) is 5.39. The van der Waals surface area contributed by atoms with Crippen molar-refractivity contribution in [3.63, 3.8) is 0 Å². The molecule has 3 rings (SSSR count). The van der Waals surface area contributed by atoms with Crippen LogP contribution in [0, 0.1) is 10.1 Å². The molecule has 0 spiro atoms. The van der Waals surface area contributed by atoms with Crippen LogP contribution in [0.2, 0.25) is 0 Å². The van der Waals surface area contributed by atoms with Gasteiger partial charge in [-0.05, 0) is 24.3 Å². The summed E-state index contributed by atoms with van der Waals surface area (Å²) in [6, 6.07) is 12.0. The van der Waals surface area contributed by atoms with E-state index in [9.17, 15) is 14.9 Å². The highest BCUT2D eigenvalue weighted by molar-refractivity contribution is 5.92. The Bertz CT molecular complexity index is 913. The van der Waals surface area contributed by atoms with Gasteiger partial charge in [-0.1, -0.05) is 18.2 Å². The molecule has 1 amide bonds. The molecule has 25 heavy (non-hydrogen) atoms. The summed E-state index contributed by atoms with van der Waals surface area (Å²) in [5, 5.41) is 13.7. The largest absolute Gasteiger partial charge is 0.352 e. The predicted octanol–water partition coefficient (Wildman–Crippen LogP) is 2.61. The van der Waals surface area contributed by atoms with Gasteiger partial charge in [-0.25, -0.2) is 4.98 Å². The average Bonchev–Trinajstić information content (AvgIpc) is 3.03. The molecular formula is C18H16N4O3. The molecule has 0 saturated carbocycles. The van der Waals surface area contributed by atoms with E-state index in [1.807, 2.05) is 35.0 Å². The normalized spacial score (nSPS) is 11.0. The van der Waals surface area contributed by atoms with E-state index in [-0.39, 0.29) is 11.6 Å². The molecule has 0 radical (unpaired) electrons. The molecule has 1 N–H and O–H groups in total. The number of aromatic nitrogens is 2. The number of hydrogen-bond donors (Lipinski definition) is 1. The van der Waals surface area contributed by atoms with E-state index in [0.29, 0.717) is 18.5 Å². The van der Waals surface area contributed by atoms with E-state index >= 15 is 0 Å². The molecule has 0 aliphatic carbocycles. The van der Waals surface area contributed by atoms with Crippen molar-refractivity contribution >= 4 is 23.3 Å². The fourth-order valence-electron chi connectivity index (χ4n) is 2.44. The van der Waals surface area contributed by atoms with Gasteiger partial charge < -0.3 is 9.72 Å². The van der Waals surface area contributed by atoms with Crippen LogP contribution in [0.5, 0.6) is 0 Å². The van der Waals surface area contributed by atoms with Crippen LogP contribution in [0.3, 0.4) is 0 Å². The number of rotatable bonds is 6. The first-order valence-corrected chi connectivity index (χ1v) is 7.75. The van der Waals surface area contributed by atoms with Crippen LogP contribution in [0.25, 0.3) is 11.7 Å². The van der Waals surface area contributed by atoms with Crippen molar-refractivity contribution in [3.8, 4) is 0 Å². The Morgan fingerprint density at radius 1 is 1.24 bits per heavy atom. The molecule has 0 unspecified atom stereocenters. The fraction of sp³-hybridized carbons (Fsp3) is 0.111. The lowest BCUT2D eigenvalue weighted by Gasteiger charge is -2.00. The molecule has 0 saturated heterocycles. The van der Waals surface area contributed by atoms with Gasteiger partial charge in [0.2, 0.25) is 5.91 Å². The average molecular weight is 336 g/mol. The van der Waals surface area contributed by atoms with Gasteiger partial charge >= 0.3 is 0 Å². The summed E-state index contributed by atoms with van der Waals surface area (Å²) in [6.45, 7) is 0.434. The van der Waals surface area contributed by atoms with Crippen LogP contribution < -0.4 is 5.32 Å². The maximum Gasteiger partial charge on any atom is 0.276 e. The van der Waals surface area contributed by atoms with E-state index in [1.54, 1.807) is 18.2 Å². The van der Waals surface area contributed by atoms with Crippen LogP contribution in [-0.2, 0) is 11.2 Å². The summed E-state index contributed by atoms with van der Waals surface area (Å²) in [5.41, 5.74) is 2.11. The molecule has 3 aromatic rings. The third-order valence-electron chi connectivity index (χ3n) is 3.64.